The maximum Gasteiger partial charge on any atom is 0.439 e. The summed E-state index contributed by atoms with van der Waals surface area (Å²) in [6, 6.07) is 1.79. The lowest BCUT2D eigenvalue weighted by Crippen LogP contribution is -2.50. The number of morpholine rings is 1. The minimum absolute atomic E-state index is 0.0166. The van der Waals surface area contributed by atoms with Gasteiger partial charge in [-0.15, -0.1) is 12.3 Å². The Morgan fingerprint density at radius 1 is 1.22 bits per heavy atom. The van der Waals surface area contributed by atoms with Gasteiger partial charge in [-0.25, -0.2) is 14.8 Å². The number of nitrogens with zero attached hydrogens (tertiary/aromatic N) is 7. The number of terminal acetylenes is 1. The van der Waals surface area contributed by atoms with Gasteiger partial charge in [0.25, 0.3) is 0 Å². The Kier molecular flexibility index (Phi) is 7.60. The third kappa shape index (κ3) is 5.37. The summed E-state index contributed by atoms with van der Waals surface area (Å²) >= 11 is 6.38. The van der Waals surface area contributed by atoms with Gasteiger partial charge in [0.15, 0.2) is 5.65 Å². The standard InChI is InChI=1S/C29H31ClN8O3/c1-4-6-22-17(3)40-12-11-37(22)28-34-25-24(38(28)16-19-9-7-18(5-2)8-10-19)23(20-13-21(30)15-31-14-20)32-26(33-25)27-35-29(39)41-36-27/h2,4,6,13-15,17-19,22H,7-12,16H2,1,3H3,(H,35,36,39)/b6-4+/t17-,18?,19?,22?/m1/s1. The number of nitrogens with one attached hydrogen (secondary N) is 1. The Morgan fingerprint density at radius 2 is 2.05 bits per heavy atom. The van der Waals surface area contributed by atoms with Gasteiger partial charge in [0, 0.05) is 37.0 Å². The largest absolute Gasteiger partial charge is 0.439 e. The summed E-state index contributed by atoms with van der Waals surface area (Å²) < 4.78 is 13.0. The fourth-order valence-corrected chi connectivity index (χ4v) is 6.06. The number of H-pyrrole nitrogens is 1. The van der Waals surface area contributed by atoms with Crippen molar-refractivity contribution in [1.29, 1.82) is 0 Å². The van der Waals surface area contributed by atoms with Gasteiger partial charge < -0.3 is 14.2 Å². The van der Waals surface area contributed by atoms with E-state index in [0.717, 1.165) is 43.7 Å². The van der Waals surface area contributed by atoms with E-state index in [1.165, 1.54) is 0 Å². The number of anilines is 1. The molecule has 12 heteroatoms. The molecule has 5 heterocycles. The van der Waals surface area contributed by atoms with Crippen molar-refractivity contribution in [2.45, 2.75) is 58.2 Å². The molecule has 0 aromatic carbocycles. The first-order valence-electron chi connectivity index (χ1n) is 13.9. The number of aromatic nitrogens is 7. The first-order chi connectivity index (χ1) is 19.9. The van der Waals surface area contributed by atoms with E-state index in [0.29, 0.717) is 46.9 Å². The van der Waals surface area contributed by atoms with E-state index < -0.39 is 5.76 Å². The highest BCUT2D eigenvalue weighted by atomic mass is 35.5. The second kappa shape index (κ2) is 11.5. The molecular formula is C29H31ClN8O3. The van der Waals surface area contributed by atoms with E-state index >= 15 is 0 Å². The fraction of sp³-hybridized carbons (Fsp3) is 0.448. The molecular weight excluding hydrogens is 544 g/mol. The topological polar surface area (TPSA) is 128 Å². The number of allylic oxidation sites excluding steroid dienone is 1. The molecule has 1 aliphatic carbocycles. The molecule has 1 saturated carbocycles. The number of aromatic amines is 1. The van der Waals surface area contributed by atoms with Crippen LogP contribution in [0.1, 0.15) is 39.5 Å². The maximum atomic E-state index is 11.8. The Morgan fingerprint density at radius 3 is 2.76 bits per heavy atom. The number of imidazole rings is 1. The predicted molar refractivity (Wildman–Crippen MR) is 155 cm³/mol. The molecule has 4 aromatic rings. The quantitative estimate of drug-likeness (QED) is 0.261. The highest BCUT2D eigenvalue weighted by molar-refractivity contribution is 6.30. The van der Waals surface area contributed by atoms with E-state index in [1.54, 1.807) is 18.5 Å². The van der Waals surface area contributed by atoms with Crippen molar-refractivity contribution in [3.63, 3.8) is 0 Å². The van der Waals surface area contributed by atoms with E-state index in [1.807, 2.05) is 13.0 Å². The van der Waals surface area contributed by atoms with E-state index in [9.17, 15) is 4.79 Å². The SMILES string of the molecule is C#CC1CCC(Cn2c(N3CCO[C@H](C)C3/C=C/C)nc3nc(-c4noc(=O)[nH]4)nc(-c4cncc(Cl)c4)c32)CC1. The highest BCUT2D eigenvalue weighted by Crippen LogP contribution is 2.37. The average molecular weight is 575 g/mol. The molecule has 1 saturated heterocycles. The third-order valence-electron chi connectivity index (χ3n) is 7.94. The van der Waals surface area contributed by atoms with Crippen LogP contribution in [-0.4, -0.2) is 59.9 Å². The zero-order valence-electron chi connectivity index (χ0n) is 23.0. The van der Waals surface area contributed by atoms with Gasteiger partial charge in [-0.2, -0.15) is 4.98 Å². The molecule has 11 nitrogen and oxygen atoms in total. The third-order valence-corrected chi connectivity index (χ3v) is 8.14. The number of rotatable bonds is 6. The van der Waals surface area contributed by atoms with Crippen LogP contribution in [0, 0.1) is 24.2 Å². The highest BCUT2D eigenvalue weighted by Gasteiger charge is 2.33. The minimum Gasteiger partial charge on any atom is -0.374 e. The molecule has 1 aliphatic heterocycles. The zero-order chi connectivity index (χ0) is 28.5. The molecule has 2 atom stereocenters. The van der Waals surface area contributed by atoms with E-state index in [-0.39, 0.29) is 23.8 Å². The fourth-order valence-electron chi connectivity index (χ4n) is 5.89. The van der Waals surface area contributed by atoms with Crippen molar-refractivity contribution in [1.82, 2.24) is 34.6 Å². The van der Waals surface area contributed by atoms with Crippen LogP contribution in [0.3, 0.4) is 0 Å². The van der Waals surface area contributed by atoms with Crippen LogP contribution in [0.15, 0.2) is 39.9 Å². The van der Waals surface area contributed by atoms with E-state index in [2.05, 4.69) is 43.5 Å². The smallest absolute Gasteiger partial charge is 0.374 e. The molecule has 0 amide bonds. The molecule has 2 fully saturated rings. The second-order valence-electron chi connectivity index (χ2n) is 10.6. The number of ether oxygens (including phenoxy) is 1. The van der Waals surface area contributed by atoms with Crippen LogP contribution < -0.4 is 10.7 Å². The normalized spacial score (nSPS) is 23.3. The lowest BCUT2D eigenvalue weighted by Gasteiger charge is -2.39. The van der Waals surface area contributed by atoms with Crippen LogP contribution in [-0.2, 0) is 11.3 Å². The minimum atomic E-state index is -0.694. The first-order valence-corrected chi connectivity index (χ1v) is 14.3. The summed E-state index contributed by atoms with van der Waals surface area (Å²) in [5, 5.41) is 4.29. The number of hydrogen-bond acceptors (Lipinski definition) is 9. The van der Waals surface area contributed by atoms with Gasteiger partial charge in [0.05, 0.1) is 23.8 Å². The van der Waals surface area contributed by atoms with Crippen LogP contribution in [0.25, 0.3) is 34.1 Å². The molecule has 41 heavy (non-hydrogen) atoms. The number of pyridine rings is 1. The summed E-state index contributed by atoms with van der Waals surface area (Å²) in [6.07, 6.45) is 17.2. The monoisotopic (exact) mass is 574 g/mol. The van der Waals surface area contributed by atoms with Crippen molar-refractivity contribution >= 4 is 28.7 Å². The van der Waals surface area contributed by atoms with Gasteiger partial charge in [-0.1, -0.05) is 28.9 Å². The Labute approximate surface area is 242 Å². The van der Waals surface area contributed by atoms with Crippen molar-refractivity contribution in [3.05, 3.63) is 46.2 Å². The van der Waals surface area contributed by atoms with Crippen LogP contribution in [0.5, 0.6) is 0 Å². The molecule has 0 spiro atoms. The predicted octanol–water partition coefficient (Wildman–Crippen LogP) is 4.49. The Balaban J connectivity index is 1.58. The lowest BCUT2D eigenvalue weighted by molar-refractivity contribution is 0.0344. The van der Waals surface area contributed by atoms with Gasteiger partial charge in [-0.05, 0) is 51.5 Å². The van der Waals surface area contributed by atoms with Gasteiger partial charge in [0.2, 0.25) is 17.6 Å². The number of halogens is 1. The second-order valence-corrected chi connectivity index (χ2v) is 11.0. The first kappa shape index (κ1) is 27.2. The average Bonchev–Trinajstić information content (AvgIpc) is 3.57. The summed E-state index contributed by atoms with van der Waals surface area (Å²) in [5.74, 6) is 4.06. The van der Waals surface area contributed by atoms with Crippen molar-refractivity contribution in [3.8, 4) is 35.2 Å². The molecule has 6 rings (SSSR count). The van der Waals surface area contributed by atoms with E-state index in [4.69, 9.17) is 42.2 Å². The van der Waals surface area contributed by atoms with Crippen LogP contribution in [0.4, 0.5) is 5.95 Å². The summed E-state index contributed by atoms with van der Waals surface area (Å²) in [7, 11) is 0. The number of fused-ring (bicyclic) bond motifs is 1. The van der Waals surface area contributed by atoms with Gasteiger partial charge in [0.1, 0.15) is 11.2 Å². The lowest BCUT2D eigenvalue weighted by atomic mass is 9.82. The van der Waals surface area contributed by atoms with Crippen LogP contribution >= 0.6 is 11.6 Å². The molecule has 1 unspecified atom stereocenters. The molecule has 0 bridgehead atoms. The Bertz CT molecular complexity index is 1680. The molecule has 0 radical (unpaired) electrons. The van der Waals surface area contributed by atoms with Crippen LogP contribution in [0.2, 0.25) is 5.02 Å². The van der Waals surface area contributed by atoms with Crippen molar-refractivity contribution in [2.24, 2.45) is 11.8 Å². The maximum absolute atomic E-state index is 11.8. The zero-order valence-corrected chi connectivity index (χ0v) is 23.7. The summed E-state index contributed by atoms with van der Waals surface area (Å²) in [5.41, 5.74) is 2.51. The summed E-state index contributed by atoms with van der Waals surface area (Å²) in [6.45, 7) is 6.05. The number of hydrogen-bond donors (Lipinski definition) is 1. The molecule has 2 aliphatic rings. The molecule has 212 valence electrons. The van der Waals surface area contributed by atoms with Crippen molar-refractivity contribution < 1.29 is 9.26 Å². The van der Waals surface area contributed by atoms with Gasteiger partial charge >= 0.3 is 5.76 Å². The molecule has 1 N–H and O–H groups in total. The molecule has 4 aromatic heterocycles. The van der Waals surface area contributed by atoms with Gasteiger partial charge in [-0.3, -0.25) is 14.5 Å². The Hall–Kier alpha value is -4.01. The summed E-state index contributed by atoms with van der Waals surface area (Å²) in [4.78, 5) is 35.6. The van der Waals surface area contributed by atoms with Crippen molar-refractivity contribution in [2.75, 3.05) is 18.1 Å².